The van der Waals surface area contributed by atoms with Gasteiger partial charge in [0, 0.05) is 26.2 Å². The van der Waals surface area contributed by atoms with Crippen molar-refractivity contribution in [3.63, 3.8) is 0 Å². The van der Waals surface area contributed by atoms with E-state index in [4.69, 9.17) is 19.9 Å². The third-order valence-corrected chi connectivity index (χ3v) is 3.33. The number of hydrogen-bond donors (Lipinski definition) is 1. The molecule has 0 bridgehead atoms. The predicted octanol–water partition coefficient (Wildman–Crippen LogP) is 2.77. The molecule has 0 amide bonds. The van der Waals surface area contributed by atoms with Gasteiger partial charge in [0.15, 0.2) is 0 Å². The van der Waals surface area contributed by atoms with Gasteiger partial charge in [-0.1, -0.05) is 12.1 Å². The van der Waals surface area contributed by atoms with E-state index in [1.807, 2.05) is 19.1 Å². The van der Waals surface area contributed by atoms with Crippen molar-refractivity contribution in [2.45, 2.75) is 25.8 Å². The van der Waals surface area contributed by atoms with Crippen molar-refractivity contribution in [1.29, 1.82) is 0 Å². The van der Waals surface area contributed by atoms with Gasteiger partial charge in [-0.25, -0.2) is 0 Å². The lowest BCUT2D eigenvalue weighted by atomic mass is 10.1. The number of benzene rings is 1. The first-order valence-electron chi connectivity index (χ1n) is 6.87. The molecule has 0 aliphatic carbocycles. The maximum Gasteiger partial charge on any atom is 0.136 e. The summed E-state index contributed by atoms with van der Waals surface area (Å²) in [5.41, 5.74) is 7.00. The first-order chi connectivity index (χ1) is 9.65. The number of methoxy groups -OCH3 is 1. The monoisotopic (exact) mass is 345 g/mol. The van der Waals surface area contributed by atoms with E-state index in [1.165, 1.54) is 0 Å². The Morgan fingerprint density at radius 1 is 1.20 bits per heavy atom. The fourth-order valence-electron chi connectivity index (χ4n) is 1.80. The average molecular weight is 346 g/mol. The number of ether oxygens (including phenoxy) is 3. The molecule has 1 aromatic carbocycles. The van der Waals surface area contributed by atoms with Crippen molar-refractivity contribution in [3.8, 4) is 5.75 Å². The lowest BCUT2D eigenvalue weighted by Crippen LogP contribution is -2.18. The van der Waals surface area contributed by atoms with Crippen molar-refractivity contribution in [2.75, 3.05) is 33.5 Å². The Bertz CT molecular complexity index is 385. The lowest BCUT2D eigenvalue weighted by molar-refractivity contribution is 0.0643. The Kier molecular flexibility index (Phi) is 8.85. The topological polar surface area (TPSA) is 53.7 Å². The maximum atomic E-state index is 5.86. The van der Waals surface area contributed by atoms with E-state index >= 15 is 0 Å². The molecule has 4 nitrogen and oxygen atoms in total. The Hall–Kier alpha value is -0.620. The van der Waals surface area contributed by atoms with Gasteiger partial charge >= 0.3 is 0 Å². The van der Waals surface area contributed by atoms with E-state index in [9.17, 15) is 0 Å². The molecule has 0 spiro atoms. The molecule has 1 unspecified atom stereocenters. The number of rotatable bonds is 10. The van der Waals surface area contributed by atoms with Gasteiger partial charge in [0.1, 0.15) is 5.75 Å². The molecular weight excluding hydrogens is 322 g/mol. The van der Waals surface area contributed by atoms with Crippen LogP contribution in [0.1, 0.15) is 18.9 Å². The summed E-state index contributed by atoms with van der Waals surface area (Å²) in [4.78, 5) is 0. The highest BCUT2D eigenvalue weighted by atomic mass is 79.9. The van der Waals surface area contributed by atoms with Crippen LogP contribution in [0.2, 0.25) is 0 Å². The third-order valence-electron chi connectivity index (χ3n) is 2.70. The lowest BCUT2D eigenvalue weighted by Gasteiger charge is -2.14. The molecule has 114 valence electrons. The molecule has 5 heteroatoms. The van der Waals surface area contributed by atoms with Crippen LogP contribution in [0, 0.1) is 0 Å². The van der Waals surface area contributed by atoms with Crippen LogP contribution in [-0.4, -0.2) is 39.6 Å². The molecule has 0 saturated carbocycles. The summed E-state index contributed by atoms with van der Waals surface area (Å²) in [6.07, 6.45) is 1.65. The van der Waals surface area contributed by atoms with Gasteiger partial charge in [-0.05, 0) is 40.9 Å². The largest absolute Gasteiger partial charge is 0.492 e. The number of nitrogens with two attached hydrogens (primary N) is 1. The van der Waals surface area contributed by atoms with Crippen LogP contribution < -0.4 is 10.5 Å². The Morgan fingerprint density at radius 2 is 2.00 bits per heavy atom. The molecule has 1 atom stereocenters. The summed E-state index contributed by atoms with van der Waals surface area (Å²) in [7, 11) is 1.67. The van der Waals surface area contributed by atoms with E-state index in [-0.39, 0.29) is 6.04 Å². The molecule has 2 N–H and O–H groups in total. The summed E-state index contributed by atoms with van der Waals surface area (Å²) in [6, 6.07) is 6.15. The number of halogens is 1. The molecule has 1 aromatic rings. The fourth-order valence-corrected chi connectivity index (χ4v) is 2.32. The minimum absolute atomic E-state index is 0.115. The summed E-state index contributed by atoms with van der Waals surface area (Å²) < 4.78 is 17.1. The minimum atomic E-state index is 0.115. The number of hydrogen-bond acceptors (Lipinski definition) is 4. The van der Waals surface area contributed by atoms with E-state index in [1.54, 1.807) is 7.11 Å². The fraction of sp³-hybridized carbons (Fsp3) is 0.600. The quantitative estimate of drug-likeness (QED) is 0.662. The van der Waals surface area contributed by atoms with E-state index in [0.29, 0.717) is 26.4 Å². The summed E-state index contributed by atoms with van der Waals surface area (Å²) in [5, 5.41) is 0. The van der Waals surface area contributed by atoms with Gasteiger partial charge in [-0.15, -0.1) is 0 Å². The second-order valence-corrected chi connectivity index (χ2v) is 5.57. The highest BCUT2D eigenvalue weighted by molar-refractivity contribution is 9.10. The smallest absolute Gasteiger partial charge is 0.136 e. The molecule has 0 saturated heterocycles. The van der Waals surface area contributed by atoms with Gasteiger partial charge in [0.25, 0.3) is 0 Å². The minimum Gasteiger partial charge on any atom is -0.492 e. The Labute approximate surface area is 129 Å². The van der Waals surface area contributed by atoms with Gasteiger partial charge < -0.3 is 19.9 Å². The maximum absolute atomic E-state index is 5.86. The van der Waals surface area contributed by atoms with Crippen LogP contribution in [0.15, 0.2) is 22.7 Å². The third kappa shape index (κ3) is 6.70. The SMILES string of the molecule is COCCOCCCOc1c(Br)cccc1CC(C)N. The van der Waals surface area contributed by atoms with Crippen molar-refractivity contribution < 1.29 is 14.2 Å². The highest BCUT2D eigenvalue weighted by Crippen LogP contribution is 2.29. The van der Waals surface area contributed by atoms with Gasteiger partial charge in [0.05, 0.1) is 24.3 Å². The summed E-state index contributed by atoms with van der Waals surface area (Å²) >= 11 is 3.53. The second-order valence-electron chi connectivity index (χ2n) is 4.72. The van der Waals surface area contributed by atoms with Crippen molar-refractivity contribution in [3.05, 3.63) is 28.2 Å². The first kappa shape index (κ1) is 17.4. The van der Waals surface area contributed by atoms with E-state index in [0.717, 1.165) is 28.6 Å². The van der Waals surface area contributed by atoms with Gasteiger partial charge in [-0.3, -0.25) is 0 Å². The van der Waals surface area contributed by atoms with Crippen LogP contribution in [0.5, 0.6) is 5.75 Å². The molecule has 0 radical (unpaired) electrons. The van der Waals surface area contributed by atoms with Crippen LogP contribution in [-0.2, 0) is 15.9 Å². The van der Waals surface area contributed by atoms with Crippen molar-refractivity contribution in [2.24, 2.45) is 5.73 Å². The van der Waals surface area contributed by atoms with Gasteiger partial charge in [0.2, 0.25) is 0 Å². The Balaban J connectivity index is 2.38. The van der Waals surface area contributed by atoms with Crippen LogP contribution in [0.3, 0.4) is 0 Å². The average Bonchev–Trinajstić information content (AvgIpc) is 2.40. The molecule has 0 aliphatic heterocycles. The second kappa shape index (κ2) is 10.2. The Morgan fingerprint density at radius 3 is 2.70 bits per heavy atom. The van der Waals surface area contributed by atoms with E-state index in [2.05, 4.69) is 22.0 Å². The molecule has 0 aromatic heterocycles. The molecule has 0 heterocycles. The summed E-state index contributed by atoms with van der Waals surface area (Å²) in [6.45, 7) is 4.55. The zero-order valence-corrected chi connectivity index (χ0v) is 13.8. The standard InChI is InChI=1S/C15H24BrNO3/c1-12(17)11-13-5-3-6-14(16)15(13)20-8-4-7-19-10-9-18-2/h3,5-6,12H,4,7-11,17H2,1-2H3. The molecule has 1 rings (SSSR count). The highest BCUT2D eigenvalue weighted by Gasteiger charge is 2.09. The van der Waals surface area contributed by atoms with Gasteiger partial charge in [-0.2, -0.15) is 0 Å². The normalized spacial score (nSPS) is 12.4. The molecular formula is C15H24BrNO3. The zero-order chi connectivity index (χ0) is 14.8. The molecule has 20 heavy (non-hydrogen) atoms. The van der Waals surface area contributed by atoms with Crippen LogP contribution in [0.25, 0.3) is 0 Å². The molecule has 0 fully saturated rings. The van der Waals surface area contributed by atoms with E-state index < -0.39 is 0 Å². The predicted molar refractivity (Wildman–Crippen MR) is 84.3 cm³/mol. The van der Waals surface area contributed by atoms with Crippen molar-refractivity contribution >= 4 is 15.9 Å². The van der Waals surface area contributed by atoms with Crippen molar-refractivity contribution in [1.82, 2.24) is 0 Å². The number of para-hydroxylation sites is 1. The van der Waals surface area contributed by atoms with Crippen LogP contribution >= 0.6 is 15.9 Å². The molecule has 0 aliphatic rings. The first-order valence-corrected chi connectivity index (χ1v) is 7.67. The summed E-state index contributed by atoms with van der Waals surface area (Å²) in [5.74, 6) is 0.890. The van der Waals surface area contributed by atoms with Crippen LogP contribution in [0.4, 0.5) is 0 Å². The zero-order valence-electron chi connectivity index (χ0n) is 12.2.